The summed E-state index contributed by atoms with van der Waals surface area (Å²) < 4.78 is 19.0. The molecule has 0 bridgehead atoms. The number of benzene rings is 2. The maximum absolute atomic E-state index is 13.6. The number of likely N-dealkylation sites (N-methyl/N-ethyl adjacent to an activating group) is 1. The molecule has 0 N–H and O–H groups in total. The molecule has 26 heavy (non-hydrogen) atoms. The van der Waals surface area contributed by atoms with Gasteiger partial charge >= 0.3 is 0 Å². The van der Waals surface area contributed by atoms with E-state index in [0.29, 0.717) is 18.5 Å². The van der Waals surface area contributed by atoms with Crippen molar-refractivity contribution in [2.45, 2.75) is 19.3 Å². The number of hydrogen-bond donors (Lipinski definition) is 0. The second kappa shape index (κ2) is 8.43. The lowest BCUT2D eigenvalue weighted by atomic mass is 10.1. The number of carbonyl (C=O) groups excluding carboxylic acids is 1. The number of halogens is 1. The quantitative estimate of drug-likeness (QED) is 0.643. The number of hydrogen-bond acceptors (Lipinski definition) is 3. The predicted molar refractivity (Wildman–Crippen MR) is 98.0 cm³/mol. The Bertz CT molecular complexity index is 861. The Balaban J connectivity index is 1.48. The average molecular weight is 352 g/mol. The molecule has 3 rings (SSSR count). The van der Waals surface area contributed by atoms with Crippen LogP contribution in [0.2, 0.25) is 0 Å². The summed E-state index contributed by atoms with van der Waals surface area (Å²) in [5.41, 5.74) is 2.25. The first-order chi connectivity index (χ1) is 12.6. The third-order valence-electron chi connectivity index (χ3n) is 4.27. The molecule has 0 aliphatic carbocycles. The van der Waals surface area contributed by atoms with Crippen LogP contribution in [-0.2, 0) is 17.6 Å². The zero-order chi connectivity index (χ0) is 18.4. The maximum atomic E-state index is 13.6. The smallest absolute Gasteiger partial charge is 0.226 e. The highest BCUT2D eigenvalue weighted by Gasteiger charge is 2.13. The van der Waals surface area contributed by atoms with Gasteiger partial charge < -0.3 is 9.42 Å². The average Bonchev–Trinajstić information content (AvgIpc) is 3.13. The minimum atomic E-state index is -0.343. The van der Waals surface area contributed by atoms with Crippen LogP contribution in [0.1, 0.15) is 17.7 Å². The summed E-state index contributed by atoms with van der Waals surface area (Å²) in [5.74, 6) is 0.348. The summed E-state index contributed by atoms with van der Waals surface area (Å²) >= 11 is 0. The summed E-state index contributed by atoms with van der Waals surface area (Å²) in [6.07, 6.45) is 1.52. The molecule has 0 aliphatic rings. The molecule has 0 radical (unpaired) electrons. The number of amides is 1. The summed E-state index contributed by atoms with van der Waals surface area (Å²) in [6, 6.07) is 18.1. The van der Waals surface area contributed by atoms with Crippen molar-refractivity contribution >= 4 is 5.91 Å². The molecule has 0 aliphatic heterocycles. The molecule has 5 heteroatoms. The van der Waals surface area contributed by atoms with Crippen LogP contribution in [0, 0.1) is 5.82 Å². The first-order valence-corrected chi connectivity index (χ1v) is 8.62. The zero-order valence-corrected chi connectivity index (χ0v) is 14.7. The van der Waals surface area contributed by atoms with E-state index in [0.717, 1.165) is 23.4 Å². The molecule has 0 fully saturated rings. The molecule has 0 unspecified atom stereocenters. The van der Waals surface area contributed by atoms with Crippen molar-refractivity contribution in [3.63, 3.8) is 0 Å². The van der Waals surface area contributed by atoms with Crippen LogP contribution in [0.3, 0.4) is 0 Å². The van der Waals surface area contributed by atoms with Crippen molar-refractivity contribution < 1.29 is 13.7 Å². The van der Waals surface area contributed by atoms with Gasteiger partial charge in [-0.1, -0.05) is 53.7 Å². The normalized spacial score (nSPS) is 10.7. The highest BCUT2D eigenvalue weighted by atomic mass is 19.1. The first-order valence-electron chi connectivity index (χ1n) is 8.62. The van der Waals surface area contributed by atoms with E-state index in [1.165, 1.54) is 6.07 Å². The van der Waals surface area contributed by atoms with Crippen LogP contribution in [0.15, 0.2) is 65.2 Å². The largest absolute Gasteiger partial charge is 0.361 e. The van der Waals surface area contributed by atoms with Gasteiger partial charge in [0.1, 0.15) is 17.3 Å². The molecule has 0 spiro atoms. The molecule has 2 aromatic carbocycles. The van der Waals surface area contributed by atoms with Crippen LogP contribution in [-0.4, -0.2) is 29.6 Å². The Hall–Kier alpha value is -2.95. The monoisotopic (exact) mass is 352 g/mol. The van der Waals surface area contributed by atoms with E-state index in [2.05, 4.69) is 5.16 Å². The van der Waals surface area contributed by atoms with E-state index in [-0.39, 0.29) is 18.1 Å². The van der Waals surface area contributed by atoms with E-state index < -0.39 is 0 Å². The molecule has 0 saturated carbocycles. The Morgan fingerprint density at radius 1 is 1.12 bits per heavy atom. The van der Waals surface area contributed by atoms with Gasteiger partial charge in [0.15, 0.2) is 0 Å². The Morgan fingerprint density at radius 2 is 1.85 bits per heavy atom. The fourth-order valence-corrected chi connectivity index (χ4v) is 2.73. The Labute approximate surface area is 152 Å². The van der Waals surface area contributed by atoms with Gasteiger partial charge in [-0.2, -0.15) is 0 Å². The summed E-state index contributed by atoms with van der Waals surface area (Å²) in [7, 11) is 1.74. The second-order valence-electron chi connectivity index (χ2n) is 6.23. The van der Waals surface area contributed by atoms with Crippen molar-refractivity contribution in [1.82, 2.24) is 10.1 Å². The number of aromatic nitrogens is 1. The topological polar surface area (TPSA) is 46.3 Å². The summed E-state index contributed by atoms with van der Waals surface area (Å²) in [4.78, 5) is 13.8. The molecule has 3 aromatic rings. The van der Waals surface area contributed by atoms with Gasteiger partial charge in [-0.25, -0.2) is 4.39 Å². The highest BCUT2D eigenvalue weighted by molar-refractivity contribution is 5.78. The van der Waals surface area contributed by atoms with E-state index in [1.54, 1.807) is 30.1 Å². The van der Waals surface area contributed by atoms with Crippen LogP contribution >= 0.6 is 0 Å². The minimum Gasteiger partial charge on any atom is -0.361 e. The van der Waals surface area contributed by atoms with E-state index >= 15 is 0 Å². The van der Waals surface area contributed by atoms with E-state index in [9.17, 15) is 9.18 Å². The predicted octanol–water partition coefficient (Wildman–Crippen LogP) is 4.11. The standard InChI is InChI=1S/C21H21FN2O2/c1-24(21(25)14-17-10-5-6-12-19(17)22)13-7-11-18-15-20(23-26-18)16-8-3-2-4-9-16/h2-6,8-10,12,15H,7,11,13-14H2,1H3. The lowest BCUT2D eigenvalue weighted by Crippen LogP contribution is -2.29. The fourth-order valence-electron chi connectivity index (χ4n) is 2.73. The summed E-state index contributed by atoms with van der Waals surface area (Å²) in [5, 5.41) is 4.09. The molecule has 0 saturated heterocycles. The van der Waals surface area contributed by atoms with Crippen molar-refractivity contribution in [3.8, 4) is 11.3 Å². The maximum Gasteiger partial charge on any atom is 0.226 e. The van der Waals surface area contributed by atoms with Crippen LogP contribution in [0.5, 0.6) is 0 Å². The van der Waals surface area contributed by atoms with Gasteiger partial charge in [0, 0.05) is 31.6 Å². The molecule has 1 amide bonds. The molecule has 4 nitrogen and oxygen atoms in total. The number of rotatable bonds is 7. The van der Waals surface area contributed by atoms with Crippen molar-refractivity contribution in [2.75, 3.05) is 13.6 Å². The molecular formula is C21H21FN2O2. The second-order valence-corrected chi connectivity index (χ2v) is 6.23. The summed E-state index contributed by atoms with van der Waals surface area (Å²) in [6.45, 7) is 0.578. The van der Waals surface area contributed by atoms with Gasteiger partial charge in [0.2, 0.25) is 5.91 Å². The first kappa shape index (κ1) is 17.9. The lowest BCUT2D eigenvalue weighted by Gasteiger charge is -2.17. The molecule has 0 atom stereocenters. The van der Waals surface area contributed by atoms with Crippen LogP contribution in [0.25, 0.3) is 11.3 Å². The molecule has 134 valence electrons. The third-order valence-corrected chi connectivity index (χ3v) is 4.27. The SMILES string of the molecule is CN(CCCc1cc(-c2ccccc2)no1)C(=O)Cc1ccccc1F. The minimum absolute atomic E-state index is 0.0731. The van der Waals surface area contributed by atoms with E-state index in [1.807, 2.05) is 36.4 Å². The van der Waals surface area contributed by atoms with Crippen LogP contribution in [0.4, 0.5) is 4.39 Å². The highest BCUT2D eigenvalue weighted by Crippen LogP contribution is 2.19. The Kier molecular flexibility index (Phi) is 5.79. The van der Waals surface area contributed by atoms with Gasteiger partial charge in [0.25, 0.3) is 0 Å². The molecular weight excluding hydrogens is 331 g/mol. The van der Waals surface area contributed by atoms with Gasteiger partial charge in [0.05, 0.1) is 6.42 Å². The van der Waals surface area contributed by atoms with Gasteiger partial charge in [-0.05, 0) is 18.1 Å². The third kappa shape index (κ3) is 4.57. The number of carbonyl (C=O) groups is 1. The van der Waals surface area contributed by atoms with E-state index in [4.69, 9.17) is 4.52 Å². The van der Waals surface area contributed by atoms with Crippen LogP contribution < -0.4 is 0 Å². The fraction of sp³-hybridized carbons (Fsp3) is 0.238. The van der Waals surface area contributed by atoms with Crippen molar-refractivity contribution in [1.29, 1.82) is 0 Å². The van der Waals surface area contributed by atoms with Crippen molar-refractivity contribution in [2.24, 2.45) is 0 Å². The van der Waals surface area contributed by atoms with Crippen molar-refractivity contribution in [3.05, 3.63) is 77.8 Å². The number of nitrogens with zero attached hydrogens (tertiary/aromatic N) is 2. The number of aryl methyl sites for hydroxylation is 1. The zero-order valence-electron chi connectivity index (χ0n) is 14.7. The van der Waals surface area contributed by atoms with Gasteiger partial charge in [-0.3, -0.25) is 4.79 Å². The Morgan fingerprint density at radius 3 is 2.62 bits per heavy atom. The molecule has 1 aromatic heterocycles. The van der Waals surface area contributed by atoms with Gasteiger partial charge in [-0.15, -0.1) is 0 Å². The molecule has 1 heterocycles. The lowest BCUT2D eigenvalue weighted by molar-refractivity contribution is -0.129.